The van der Waals surface area contributed by atoms with Crippen molar-refractivity contribution in [3.8, 4) is 11.3 Å². The summed E-state index contributed by atoms with van der Waals surface area (Å²) in [5.74, 6) is -0.364. The van der Waals surface area contributed by atoms with E-state index in [1.807, 2.05) is 0 Å². The van der Waals surface area contributed by atoms with E-state index in [0.717, 1.165) is 0 Å². The Morgan fingerprint density at radius 3 is 2.62 bits per heavy atom. The maximum absolute atomic E-state index is 12.9. The molecule has 0 atom stereocenters. The summed E-state index contributed by atoms with van der Waals surface area (Å²) in [7, 11) is 0. The summed E-state index contributed by atoms with van der Waals surface area (Å²) in [6.07, 6.45) is 0.701. The van der Waals surface area contributed by atoms with Crippen LogP contribution in [0.15, 0.2) is 28.8 Å². The first kappa shape index (κ1) is 17.3. The molecule has 5 nitrogen and oxygen atoms in total. The number of hydrogen-bond acceptors (Lipinski definition) is 4. The summed E-state index contributed by atoms with van der Waals surface area (Å²) in [6, 6.07) is 5.55. The number of primary amides is 1. The lowest BCUT2D eigenvalue weighted by Gasteiger charge is -2.02. The van der Waals surface area contributed by atoms with Gasteiger partial charge in [0.25, 0.3) is 5.91 Å². The molecule has 0 fully saturated rings. The van der Waals surface area contributed by atoms with Gasteiger partial charge in [-0.2, -0.15) is 0 Å². The largest absolute Gasteiger partial charge is 0.365 e. The molecule has 0 radical (unpaired) electrons. The first-order chi connectivity index (χ1) is 9.63. The molecule has 8 heteroatoms. The molecule has 0 aliphatic carbocycles. The SMILES string of the molecule is Cl.NC(=O)c1c(-c2ccc(F)cc2)noc1NCCCCl. The van der Waals surface area contributed by atoms with E-state index >= 15 is 0 Å². The Hall–Kier alpha value is -1.79. The van der Waals surface area contributed by atoms with Crippen molar-refractivity contribution in [2.45, 2.75) is 6.42 Å². The van der Waals surface area contributed by atoms with Crippen molar-refractivity contribution in [3.05, 3.63) is 35.6 Å². The number of alkyl halides is 1. The van der Waals surface area contributed by atoms with Crippen LogP contribution in [-0.4, -0.2) is 23.5 Å². The third kappa shape index (κ3) is 4.09. The minimum absolute atomic E-state index is 0. The predicted octanol–water partition coefficient (Wildman–Crippen LogP) is 3.04. The number of halogens is 3. The number of nitrogens with zero attached hydrogens (tertiary/aromatic N) is 1. The summed E-state index contributed by atoms with van der Waals surface area (Å²) in [5.41, 5.74) is 6.33. The second-order valence-corrected chi connectivity index (χ2v) is 4.45. The number of aromatic nitrogens is 1. The smallest absolute Gasteiger partial charge is 0.256 e. The molecule has 1 heterocycles. The molecule has 21 heavy (non-hydrogen) atoms. The normalized spacial score (nSPS) is 10.0. The van der Waals surface area contributed by atoms with Crippen molar-refractivity contribution in [2.24, 2.45) is 5.73 Å². The summed E-state index contributed by atoms with van der Waals surface area (Å²) in [6.45, 7) is 0.530. The quantitative estimate of drug-likeness (QED) is 0.628. The highest BCUT2D eigenvalue weighted by Gasteiger charge is 2.21. The molecule has 1 amide bonds. The zero-order valence-electron chi connectivity index (χ0n) is 10.9. The highest BCUT2D eigenvalue weighted by atomic mass is 35.5. The average Bonchev–Trinajstić information content (AvgIpc) is 2.84. The first-order valence-electron chi connectivity index (χ1n) is 5.98. The minimum Gasteiger partial charge on any atom is -0.365 e. The van der Waals surface area contributed by atoms with Crippen molar-refractivity contribution in [1.29, 1.82) is 0 Å². The number of carbonyl (C=O) groups excluding carboxylic acids is 1. The van der Waals surface area contributed by atoms with Gasteiger partial charge in [0.05, 0.1) is 0 Å². The Morgan fingerprint density at radius 2 is 2.05 bits per heavy atom. The number of anilines is 1. The lowest BCUT2D eigenvalue weighted by Crippen LogP contribution is -2.14. The van der Waals surface area contributed by atoms with Crippen LogP contribution in [0.25, 0.3) is 11.3 Å². The van der Waals surface area contributed by atoms with Gasteiger partial charge in [0.1, 0.15) is 17.1 Å². The molecule has 0 saturated heterocycles. The molecule has 0 spiro atoms. The van der Waals surface area contributed by atoms with Crippen LogP contribution in [0, 0.1) is 5.82 Å². The van der Waals surface area contributed by atoms with Gasteiger partial charge in [0, 0.05) is 18.0 Å². The molecule has 114 valence electrons. The molecule has 0 saturated carbocycles. The van der Waals surface area contributed by atoms with Gasteiger partial charge in [-0.1, -0.05) is 5.16 Å². The van der Waals surface area contributed by atoms with Gasteiger partial charge >= 0.3 is 0 Å². The van der Waals surface area contributed by atoms with Gasteiger partial charge in [-0.15, -0.1) is 24.0 Å². The number of carbonyl (C=O) groups is 1. The lowest BCUT2D eigenvalue weighted by atomic mass is 10.1. The summed E-state index contributed by atoms with van der Waals surface area (Å²) < 4.78 is 18.0. The van der Waals surface area contributed by atoms with Crippen molar-refractivity contribution in [1.82, 2.24) is 5.16 Å². The van der Waals surface area contributed by atoms with Gasteiger partial charge < -0.3 is 15.6 Å². The average molecular weight is 334 g/mol. The lowest BCUT2D eigenvalue weighted by molar-refractivity contribution is 0.100. The predicted molar refractivity (Wildman–Crippen MR) is 81.5 cm³/mol. The highest BCUT2D eigenvalue weighted by molar-refractivity contribution is 6.17. The number of nitrogens with two attached hydrogens (primary N) is 1. The zero-order chi connectivity index (χ0) is 14.5. The van der Waals surface area contributed by atoms with E-state index in [-0.39, 0.29) is 35.4 Å². The van der Waals surface area contributed by atoms with E-state index < -0.39 is 5.91 Å². The highest BCUT2D eigenvalue weighted by Crippen LogP contribution is 2.28. The van der Waals surface area contributed by atoms with Crippen molar-refractivity contribution >= 4 is 35.8 Å². The second-order valence-electron chi connectivity index (χ2n) is 4.08. The van der Waals surface area contributed by atoms with Crippen LogP contribution in [0.3, 0.4) is 0 Å². The van der Waals surface area contributed by atoms with Crippen LogP contribution < -0.4 is 11.1 Å². The third-order valence-corrected chi connectivity index (χ3v) is 2.92. The molecule has 1 aromatic carbocycles. The Bertz CT molecular complexity index is 602. The molecule has 0 bridgehead atoms. The number of rotatable bonds is 6. The standard InChI is InChI=1S/C13H13ClFN3O2.ClH/c14-6-1-7-17-13-10(12(16)19)11(18-20-13)8-2-4-9(15)5-3-8;/h2-5,17H,1,6-7H2,(H2,16,19);1H. The Kier molecular flexibility index (Phi) is 6.45. The molecule has 0 aliphatic rings. The van der Waals surface area contributed by atoms with E-state index in [4.69, 9.17) is 21.9 Å². The molecular formula is C13H14Cl2FN3O2. The van der Waals surface area contributed by atoms with E-state index in [0.29, 0.717) is 24.4 Å². The third-order valence-electron chi connectivity index (χ3n) is 2.65. The van der Waals surface area contributed by atoms with Crippen LogP contribution >= 0.6 is 24.0 Å². The molecular weight excluding hydrogens is 320 g/mol. The van der Waals surface area contributed by atoms with Crippen LogP contribution in [-0.2, 0) is 0 Å². The number of benzene rings is 1. The van der Waals surface area contributed by atoms with Crippen molar-refractivity contribution < 1.29 is 13.7 Å². The van der Waals surface area contributed by atoms with Gasteiger partial charge in [-0.05, 0) is 30.7 Å². The fraction of sp³-hybridized carbons (Fsp3) is 0.231. The summed E-state index contributed by atoms with van der Waals surface area (Å²) >= 11 is 5.57. The summed E-state index contributed by atoms with van der Waals surface area (Å²) in [4.78, 5) is 11.6. The van der Waals surface area contributed by atoms with Crippen molar-refractivity contribution in [3.63, 3.8) is 0 Å². The van der Waals surface area contributed by atoms with E-state index in [9.17, 15) is 9.18 Å². The first-order valence-corrected chi connectivity index (χ1v) is 6.52. The Labute approximate surface area is 132 Å². The maximum Gasteiger partial charge on any atom is 0.256 e. The van der Waals surface area contributed by atoms with Crippen LogP contribution in [0.5, 0.6) is 0 Å². The van der Waals surface area contributed by atoms with Gasteiger partial charge in [0.2, 0.25) is 5.88 Å². The molecule has 2 aromatic rings. The van der Waals surface area contributed by atoms with Crippen molar-refractivity contribution in [2.75, 3.05) is 17.7 Å². The Balaban J connectivity index is 0.00000220. The van der Waals surface area contributed by atoms with Gasteiger partial charge in [0.15, 0.2) is 0 Å². The topological polar surface area (TPSA) is 81.2 Å². The number of hydrogen-bond donors (Lipinski definition) is 2. The monoisotopic (exact) mass is 333 g/mol. The number of nitrogens with one attached hydrogen (secondary N) is 1. The number of amides is 1. The van der Waals surface area contributed by atoms with E-state index in [1.165, 1.54) is 24.3 Å². The van der Waals surface area contributed by atoms with Crippen LogP contribution in [0.2, 0.25) is 0 Å². The van der Waals surface area contributed by atoms with Gasteiger partial charge in [-0.25, -0.2) is 4.39 Å². The van der Waals surface area contributed by atoms with Crippen LogP contribution in [0.4, 0.5) is 10.3 Å². The van der Waals surface area contributed by atoms with E-state index in [1.54, 1.807) is 0 Å². The van der Waals surface area contributed by atoms with Crippen LogP contribution in [0.1, 0.15) is 16.8 Å². The fourth-order valence-corrected chi connectivity index (χ4v) is 1.85. The van der Waals surface area contributed by atoms with Gasteiger partial charge in [-0.3, -0.25) is 4.79 Å². The fourth-order valence-electron chi connectivity index (χ4n) is 1.71. The molecule has 3 N–H and O–H groups in total. The minimum atomic E-state index is -0.668. The van der Waals surface area contributed by atoms with E-state index in [2.05, 4.69) is 10.5 Å². The molecule has 0 unspecified atom stereocenters. The zero-order valence-corrected chi connectivity index (χ0v) is 12.5. The Morgan fingerprint density at radius 1 is 1.38 bits per heavy atom. The molecule has 1 aromatic heterocycles. The maximum atomic E-state index is 12.9. The second kappa shape index (κ2) is 7.85. The molecule has 0 aliphatic heterocycles. The summed E-state index contributed by atoms with van der Waals surface area (Å²) in [5, 5.41) is 6.73. The molecule has 2 rings (SSSR count).